The summed E-state index contributed by atoms with van der Waals surface area (Å²) in [5, 5.41) is 1.73. The molecule has 148 valence electrons. The van der Waals surface area contributed by atoms with Crippen molar-refractivity contribution in [3.8, 4) is 0 Å². The van der Waals surface area contributed by atoms with E-state index in [9.17, 15) is 13.2 Å². The van der Waals surface area contributed by atoms with Crippen molar-refractivity contribution in [1.29, 1.82) is 0 Å². The summed E-state index contributed by atoms with van der Waals surface area (Å²) in [6.45, 7) is 0. The monoisotopic (exact) mass is 425 g/mol. The smallest absolute Gasteiger partial charge is 0.266 e. The normalized spacial score (nSPS) is 19.4. The third-order valence-electron chi connectivity index (χ3n) is 4.93. The molecule has 0 fully saturated rings. The van der Waals surface area contributed by atoms with Gasteiger partial charge in [0.2, 0.25) is 0 Å². The molecular formula is C21H19N3O3S2. The third-order valence-corrected chi connectivity index (χ3v) is 8.11. The van der Waals surface area contributed by atoms with Crippen LogP contribution in [-0.2, 0) is 25.9 Å². The predicted molar refractivity (Wildman–Crippen MR) is 113 cm³/mol. The Kier molecular flexibility index (Phi) is 4.76. The van der Waals surface area contributed by atoms with Gasteiger partial charge in [0, 0.05) is 7.05 Å². The van der Waals surface area contributed by atoms with Crippen LogP contribution in [0.3, 0.4) is 0 Å². The molecule has 6 nitrogen and oxygen atoms in total. The fraction of sp³-hybridized carbons (Fsp3) is 0.143. The highest BCUT2D eigenvalue weighted by atomic mass is 32.2. The molecule has 1 aliphatic heterocycles. The number of hydrogen-bond donors (Lipinski definition) is 1. The van der Waals surface area contributed by atoms with Gasteiger partial charge in [-0.3, -0.25) is 9.69 Å². The Morgan fingerprint density at radius 2 is 1.76 bits per heavy atom. The van der Waals surface area contributed by atoms with Crippen LogP contribution in [0, 0.1) is 0 Å². The molecule has 2 heterocycles. The Morgan fingerprint density at radius 1 is 1.03 bits per heavy atom. The van der Waals surface area contributed by atoms with Gasteiger partial charge in [-0.15, -0.1) is 11.3 Å². The number of thiophene rings is 1. The maximum absolute atomic E-state index is 13.2. The van der Waals surface area contributed by atoms with Crippen molar-refractivity contribution >= 4 is 33.0 Å². The molecule has 1 aliphatic rings. The molecule has 8 heteroatoms. The van der Waals surface area contributed by atoms with E-state index in [1.54, 1.807) is 48.8 Å². The number of benzene rings is 2. The summed E-state index contributed by atoms with van der Waals surface area (Å²) in [7, 11) is -1.89. The van der Waals surface area contributed by atoms with Crippen molar-refractivity contribution in [2.24, 2.45) is 10.7 Å². The number of hydrogen-bond acceptors (Lipinski definition) is 6. The summed E-state index contributed by atoms with van der Waals surface area (Å²) in [5.41, 5.74) is 6.50. The van der Waals surface area contributed by atoms with E-state index < -0.39 is 15.4 Å². The van der Waals surface area contributed by atoms with Crippen LogP contribution in [0.5, 0.6) is 0 Å². The van der Waals surface area contributed by atoms with Gasteiger partial charge >= 0.3 is 0 Å². The SMILES string of the molecule is CN1C(=O)C(c2ccccc2)(c2cccc(CS(=O)(=O)c3cccs3)c2)N=C1N. The molecule has 3 aromatic rings. The van der Waals surface area contributed by atoms with Crippen molar-refractivity contribution in [3.05, 3.63) is 88.8 Å². The lowest BCUT2D eigenvalue weighted by molar-refractivity contribution is -0.129. The molecule has 1 unspecified atom stereocenters. The quantitative estimate of drug-likeness (QED) is 0.680. The number of guanidine groups is 1. The first-order valence-electron chi connectivity index (χ1n) is 8.89. The summed E-state index contributed by atoms with van der Waals surface area (Å²) < 4.78 is 25.7. The molecule has 2 N–H and O–H groups in total. The average Bonchev–Trinajstić information content (AvgIpc) is 3.34. The van der Waals surface area contributed by atoms with Gasteiger partial charge in [0.1, 0.15) is 4.21 Å². The molecule has 1 aromatic heterocycles. The molecule has 1 amide bonds. The molecule has 4 rings (SSSR count). The van der Waals surface area contributed by atoms with E-state index in [1.165, 1.54) is 16.2 Å². The van der Waals surface area contributed by atoms with E-state index in [4.69, 9.17) is 5.73 Å². The summed E-state index contributed by atoms with van der Waals surface area (Å²) in [4.78, 5) is 19.1. The molecular weight excluding hydrogens is 406 g/mol. The van der Waals surface area contributed by atoms with Gasteiger partial charge in [-0.05, 0) is 28.1 Å². The second-order valence-corrected chi connectivity index (χ2v) is 9.97. The third kappa shape index (κ3) is 3.24. The summed E-state index contributed by atoms with van der Waals surface area (Å²) in [5.74, 6) is -0.315. The number of likely N-dealkylation sites (N-methyl/N-ethyl adjacent to an activating group) is 1. The van der Waals surface area contributed by atoms with E-state index in [2.05, 4.69) is 4.99 Å². The van der Waals surface area contributed by atoms with Gasteiger partial charge in [-0.1, -0.05) is 60.7 Å². The number of nitrogens with two attached hydrogens (primary N) is 1. The predicted octanol–water partition coefficient (Wildman–Crippen LogP) is 2.75. The highest BCUT2D eigenvalue weighted by molar-refractivity contribution is 7.92. The largest absolute Gasteiger partial charge is 0.369 e. The molecule has 29 heavy (non-hydrogen) atoms. The van der Waals surface area contributed by atoms with Crippen LogP contribution in [0.15, 0.2) is 81.3 Å². The first-order chi connectivity index (χ1) is 13.8. The number of nitrogens with zero attached hydrogens (tertiary/aromatic N) is 2. The zero-order valence-electron chi connectivity index (χ0n) is 15.6. The van der Waals surface area contributed by atoms with Gasteiger partial charge in [-0.25, -0.2) is 13.4 Å². The summed E-state index contributed by atoms with van der Waals surface area (Å²) >= 11 is 1.19. The average molecular weight is 426 g/mol. The highest BCUT2D eigenvalue weighted by Gasteiger charge is 2.49. The highest BCUT2D eigenvalue weighted by Crippen LogP contribution is 2.39. The van der Waals surface area contributed by atoms with Crippen LogP contribution in [0.4, 0.5) is 0 Å². The Morgan fingerprint density at radius 3 is 2.38 bits per heavy atom. The second kappa shape index (κ2) is 7.13. The minimum atomic E-state index is -3.47. The fourth-order valence-electron chi connectivity index (χ4n) is 3.48. The summed E-state index contributed by atoms with van der Waals surface area (Å²) in [6, 6.07) is 19.5. The standard InChI is InChI=1S/C21H19N3O3S2/c1-24-19(25)21(23-20(24)22,16-8-3-2-4-9-16)17-10-5-7-15(13-17)14-29(26,27)18-11-6-12-28-18/h2-13H,14H2,1H3,(H2,22,23). The van der Waals surface area contributed by atoms with Gasteiger partial charge < -0.3 is 5.73 Å². The Bertz CT molecular complexity index is 1190. The molecule has 0 spiro atoms. The zero-order valence-corrected chi connectivity index (χ0v) is 17.3. The van der Waals surface area contributed by atoms with E-state index in [0.717, 1.165) is 0 Å². The maximum Gasteiger partial charge on any atom is 0.266 e. The van der Waals surface area contributed by atoms with Crippen molar-refractivity contribution in [1.82, 2.24) is 4.90 Å². The van der Waals surface area contributed by atoms with Crippen molar-refractivity contribution in [3.63, 3.8) is 0 Å². The topological polar surface area (TPSA) is 92.8 Å². The number of carbonyl (C=O) groups excluding carboxylic acids is 1. The Balaban J connectivity index is 1.82. The lowest BCUT2D eigenvalue weighted by Crippen LogP contribution is -2.41. The van der Waals surface area contributed by atoms with E-state index in [-0.39, 0.29) is 17.6 Å². The zero-order chi connectivity index (χ0) is 20.6. The number of rotatable bonds is 5. The van der Waals surface area contributed by atoms with E-state index in [0.29, 0.717) is 20.9 Å². The number of amides is 1. The van der Waals surface area contributed by atoms with Gasteiger partial charge in [0.15, 0.2) is 21.3 Å². The van der Waals surface area contributed by atoms with Crippen LogP contribution in [-0.4, -0.2) is 32.2 Å². The lowest BCUT2D eigenvalue weighted by atomic mass is 9.82. The van der Waals surface area contributed by atoms with Crippen LogP contribution < -0.4 is 5.73 Å². The van der Waals surface area contributed by atoms with E-state index in [1.807, 2.05) is 30.3 Å². The first kappa shape index (κ1) is 19.4. The van der Waals surface area contributed by atoms with Crippen molar-refractivity contribution in [2.75, 3.05) is 7.05 Å². The molecule has 0 aliphatic carbocycles. The number of sulfone groups is 1. The second-order valence-electron chi connectivity index (χ2n) is 6.80. The fourth-order valence-corrected chi connectivity index (χ4v) is 5.91. The molecule has 0 bridgehead atoms. The van der Waals surface area contributed by atoms with Crippen LogP contribution >= 0.6 is 11.3 Å². The molecule has 1 atom stereocenters. The van der Waals surface area contributed by atoms with Gasteiger partial charge in [-0.2, -0.15) is 0 Å². The minimum Gasteiger partial charge on any atom is -0.369 e. The first-order valence-corrected chi connectivity index (χ1v) is 11.4. The van der Waals surface area contributed by atoms with Crippen molar-refractivity contribution < 1.29 is 13.2 Å². The Labute approximate surface area is 173 Å². The number of aliphatic imine (C=N–C) groups is 1. The lowest BCUT2D eigenvalue weighted by Gasteiger charge is -2.26. The van der Waals surface area contributed by atoms with Crippen molar-refractivity contribution in [2.45, 2.75) is 15.5 Å². The Hall–Kier alpha value is -2.97. The minimum absolute atomic E-state index is 0.121. The van der Waals surface area contributed by atoms with Gasteiger partial charge in [0.25, 0.3) is 5.91 Å². The van der Waals surface area contributed by atoms with Gasteiger partial charge in [0.05, 0.1) is 5.75 Å². The maximum atomic E-state index is 13.2. The molecule has 2 aromatic carbocycles. The number of carbonyl (C=O) groups is 1. The van der Waals surface area contributed by atoms with Crippen LogP contribution in [0.2, 0.25) is 0 Å². The van der Waals surface area contributed by atoms with Crippen LogP contribution in [0.25, 0.3) is 0 Å². The molecule has 0 saturated heterocycles. The van der Waals surface area contributed by atoms with E-state index >= 15 is 0 Å². The molecule has 0 radical (unpaired) electrons. The molecule has 0 saturated carbocycles. The van der Waals surface area contributed by atoms with Crippen LogP contribution in [0.1, 0.15) is 16.7 Å². The summed E-state index contributed by atoms with van der Waals surface area (Å²) in [6.07, 6.45) is 0.